The van der Waals surface area contributed by atoms with Crippen molar-refractivity contribution in [3.63, 3.8) is 0 Å². The van der Waals surface area contributed by atoms with E-state index in [0.717, 1.165) is 16.8 Å². The molecule has 6 heteroatoms. The zero-order chi connectivity index (χ0) is 20.8. The molecule has 3 rings (SSSR count). The van der Waals surface area contributed by atoms with Gasteiger partial charge in [-0.3, -0.25) is 10.1 Å². The first-order chi connectivity index (χ1) is 14.0. The number of aromatic nitrogens is 1. The summed E-state index contributed by atoms with van der Waals surface area (Å²) in [6.45, 7) is 6.64. The number of thiazole rings is 1. The number of aryl methyl sites for hydroxylation is 2. The quantitative estimate of drug-likeness (QED) is 0.526. The molecule has 1 heterocycles. The van der Waals surface area contributed by atoms with Gasteiger partial charge in [-0.25, -0.2) is 4.98 Å². The van der Waals surface area contributed by atoms with Crippen LogP contribution in [0.15, 0.2) is 47.9 Å². The Balaban J connectivity index is 1.66. The average Bonchev–Trinajstić information content (AvgIpc) is 3.17. The van der Waals surface area contributed by atoms with Gasteiger partial charge in [-0.2, -0.15) is 0 Å². The van der Waals surface area contributed by atoms with E-state index in [-0.39, 0.29) is 5.91 Å². The summed E-state index contributed by atoms with van der Waals surface area (Å²) < 4.78 is 10.8. The molecule has 150 valence electrons. The van der Waals surface area contributed by atoms with Crippen molar-refractivity contribution in [2.75, 3.05) is 19.0 Å². The molecule has 0 radical (unpaired) electrons. The molecule has 1 aromatic heterocycles. The highest BCUT2D eigenvalue weighted by Crippen LogP contribution is 2.29. The molecule has 0 saturated carbocycles. The van der Waals surface area contributed by atoms with Crippen LogP contribution in [-0.4, -0.2) is 24.6 Å². The van der Waals surface area contributed by atoms with Gasteiger partial charge in [0.05, 0.1) is 19.4 Å². The summed E-state index contributed by atoms with van der Waals surface area (Å²) in [5, 5.41) is 5.33. The van der Waals surface area contributed by atoms with Gasteiger partial charge in [0.2, 0.25) is 5.91 Å². The SMILES string of the molecule is CCOc1ccc(C=CC(=O)Nc2nc(-c3ccc(C)c(C)c3)cs2)cc1OC. The first-order valence-corrected chi connectivity index (χ1v) is 10.2. The number of hydrogen-bond donors (Lipinski definition) is 1. The maximum absolute atomic E-state index is 12.3. The van der Waals surface area contributed by atoms with E-state index in [2.05, 4.69) is 36.3 Å². The second-order valence-corrected chi connectivity index (χ2v) is 7.36. The van der Waals surface area contributed by atoms with Gasteiger partial charge in [-0.1, -0.05) is 18.2 Å². The lowest BCUT2D eigenvalue weighted by molar-refractivity contribution is -0.111. The smallest absolute Gasteiger partial charge is 0.250 e. The zero-order valence-corrected chi connectivity index (χ0v) is 17.8. The Morgan fingerprint density at radius 2 is 1.97 bits per heavy atom. The van der Waals surface area contributed by atoms with E-state index >= 15 is 0 Å². The Morgan fingerprint density at radius 1 is 1.14 bits per heavy atom. The fourth-order valence-corrected chi connectivity index (χ4v) is 3.47. The van der Waals surface area contributed by atoms with Gasteiger partial charge in [0.1, 0.15) is 0 Å². The van der Waals surface area contributed by atoms with Crippen LogP contribution in [0.3, 0.4) is 0 Å². The number of benzene rings is 2. The van der Waals surface area contributed by atoms with Gasteiger partial charge in [0.15, 0.2) is 16.6 Å². The number of nitrogens with zero attached hydrogens (tertiary/aromatic N) is 1. The molecule has 2 aromatic carbocycles. The van der Waals surface area contributed by atoms with Crippen molar-refractivity contribution in [1.29, 1.82) is 0 Å². The van der Waals surface area contributed by atoms with Crippen LogP contribution in [0.5, 0.6) is 11.5 Å². The molecule has 0 bridgehead atoms. The summed E-state index contributed by atoms with van der Waals surface area (Å²) in [4.78, 5) is 16.8. The monoisotopic (exact) mass is 408 g/mol. The average molecular weight is 409 g/mol. The van der Waals surface area contributed by atoms with Crippen LogP contribution in [0.4, 0.5) is 5.13 Å². The Hall–Kier alpha value is -3.12. The maximum Gasteiger partial charge on any atom is 0.250 e. The molecule has 0 aliphatic heterocycles. The molecular weight excluding hydrogens is 384 g/mol. The van der Waals surface area contributed by atoms with Gasteiger partial charge >= 0.3 is 0 Å². The molecule has 29 heavy (non-hydrogen) atoms. The van der Waals surface area contributed by atoms with Crippen molar-refractivity contribution in [3.05, 3.63) is 64.5 Å². The fourth-order valence-electron chi connectivity index (χ4n) is 2.75. The van der Waals surface area contributed by atoms with Gasteiger partial charge in [-0.15, -0.1) is 11.3 Å². The van der Waals surface area contributed by atoms with Crippen LogP contribution in [0.25, 0.3) is 17.3 Å². The maximum atomic E-state index is 12.3. The van der Waals surface area contributed by atoms with Gasteiger partial charge in [-0.05, 0) is 61.7 Å². The number of amides is 1. The van der Waals surface area contributed by atoms with Gasteiger partial charge < -0.3 is 9.47 Å². The molecule has 0 saturated heterocycles. The number of ether oxygens (including phenoxy) is 2. The van der Waals surface area contributed by atoms with Crippen LogP contribution in [0.2, 0.25) is 0 Å². The molecule has 0 unspecified atom stereocenters. The molecule has 0 spiro atoms. The minimum atomic E-state index is -0.237. The first-order valence-electron chi connectivity index (χ1n) is 9.33. The standard InChI is InChI=1S/C23H24N2O3S/c1-5-28-20-10-7-17(13-21(20)27-4)8-11-22(26)25-23-24-19(14-29-23)18-9-6-15(2)16(3)12-18/h6-14H,5H2,1-4H3,(H,24,25,26). The summed E-state index contributed by atoms with van der Waals surface area (Å²) in [6.07, 6.45) is 3.21. The van der Waals surface area contributed by atoms with E-state index in [4.69, 9.17) is 9.47 Å². The Bertz CT molecular complexity index is 1040. The van der Waals surface area contributed by atoms with Crippen molar-refractivity contribution in [2.45, 2.75) is 20.8 Å². The third-order valence-corrected chi connectivity index (χ3v) is 5.21. The van der Waals surface area contributed by atoms with Crippen LogP contribution in [0, 0.1) is 13.8 Å². The minimum absolute atomic E-state index is 0.237. The third kappa shape index (κ3) is 5.23. The topological polar surface area (TPSA) is 60.5 Å². The zero-order valence-electron chi connectivity index (χ0n) is 17.0. The third-order valence-electron chi connectivity index (χ3n) is 4.45. The number of rotatable bonds is 7. The lowest BCUT2D eigenvalue weighted by Crippen LogP contribution is -2.07. The summed E-state index contributed by atoms with van der Waals surface area (Å²) in [7, 11) is 1.59. The largest absolute Gasteiger partial charge is 0.493 e. The molecule has 0 fully saturated rings. The van der Waals surface area contributed by atoms with Crippen molar-refractivity contribution in [2.24, 2.45) is 0 Å². The van der Waals surface area contributed by atoms with E-state index in [1.165, 1.54) is 28.5 Å². The minimum Gasteiger partial charge on any atom is -0.493 e. The summed E-state index contributed by atoms with van der Waals surface area (Å²) >= 11 is 1.40. The van der Waals surface area contributed by atoms with E-state index in [1.54, 1.807) is 13.2 Å². The highest BCUT2D eigenvalue weighted by atomic mass is 32.1. The summed E-state index contributed by atoms with van der Waals surface area (Å²) in [5.74, 6) is 1.07. The second-order valence-electron chi connectivity index (χ2n) is 6.50. The van der Waals surface area contributed by atoms with E-state index < -0.39 is 0 Å². The lowest BCUT2D eigenvalue weighted by atomic mass is 10.1. The fraction of sp³-hybridized carbons (Fsp3) is 0.217. The second kappa shape index (κ2) is 9.39. The Labute approximate surface area is 175 Å². The molecule has 0 aliphatic carbocycles. The number of carbonyl (C=O) groups is 1. The van der Waals surface area contributed by atoms with E-state index in [9.17, 15) is 4.79 Å². The summed E-state index contributed by atoms with van der Waals surface area (Å²) in [6, 6.07) is 11.8. The van der Waals surface area contributed by atoms with Crippen molar-refractivity contribution >= 4 is 28.5 Å². The van der Waals surface area contributed by atoms with Crippen LogP contribution >= 0.6 is 11.3 Å². The Kier molecular flexibility index (Phi) is 6.67. The van der Waals surface area contributed by atoms with Crippen molar-refractivity contribution < 1.29 is 14.3 Å². The van der Waals surface area contributed by atoms with Crippen LogP contribution in [-0.2, 0) is 4.79 Å². The molecule has 1 amide bonds. The molecule has 1 N–H and O–H groups in total. The highest BCUT2D eigenvalue weighted by Gasteiger charge is 2.08. The van der Waals surface area contributed by atoms with E-state index in [0.29, 0.717) is 23.2 Å². The van der Waals surface area contributed by atoms with Crippen molar-refractivity contribution in [3.8, 4) is 22.8 Å². The number of nitrogens with one attached hydrogen (secondary N) is 1. The highest BCUT2D eigenvalue weighted by molar-refractivity contribution is 7.14. The lowest BCUT2D eigenvalue weighted by Gasteiger charge is -2.09. The predicted octanol–water partition coefficient (Wildman–Crippen LogP) is 5.49. The number of anilines is 1. The number of methoxy groups -OCH3 is 1. The molecule has 0 atom stereocenters. The van der Waals surface area contributed by atoms with E-state index in [1.807, 2.05) is 36.6 Å². The Morgan fingerprint density at radius 3 is 2.69 bits per heavy atom. The number of hydrogen-bond acceptors (Lipinski definition) is 5. The van der Waals surface area contributed by atoms with Crippen molar-refractivity contribution in [1.82, 2.24) is 4.98 Å². The normalized spacial score (nSPS) is 10.9. The molecule has 0 aliphatic rings. The molecular formula is C23H24N2O3S. The predicted molar refractivity (Wildman–Crippen MR) is 119 cm³/mol. The van der Waals surface area contributed by atoms with Crippen LogP contribution in [0.1, 0.15) is 23.6 Å². The van der Waals surface area contributed by atoms with Gasteiger partial charge in [0.25, 0.3) is 0 Å². The molecule has 3 aromatic rings. The molecule has 5 nitrogen and oxygen atoms in total. The van der Waals surface area contributed by atoms with Crippen LogP contribution < -0.4 is 14.8 Å². The summed E-state index contributed by atoms with van der Waals surface area (Å²) in [5.41, 5.74) is 5.20. The number of carbonyl (C=O) groups excluding carboxylic acids is 1. The van der Waals surface area contributed by atoms with Gasteiger partial charge in [0, 0.05) is 17.0 Å². The first kappa shape index (κ1) is 20.6.